The van der Waals surface area contributed by atoms with Crippen LogP contribution in [0.4, 0.5) is 0 Å². The maximum Gasteiger partial charge on any atom is 0.0481 e. The number of nitrogens with two attached hydrogens (primary N) is 2. The Bertz CT molecular complexity index is 232. The van der Waals surface area contributed by atoms with Gasteiger partial charge in [0.25, 0.3) is 0 Å². The van der Waals surface area contributed by atoms with E-state index in [-0.39, 0.29) is 11.1 Å². The number of rotatable bonds is 2. The predicted octanol–water partition coefficient (Wildman–Crippen LogP) is 1.17. The summed E-state index contributed by atoms with van der Waals surface area (Å²) in [5.74, 6) is 1.42. The van der Waals surface area contributed by atoms with Crippen LogP contribution in [0.15, 0.2) is 0 Å². The van der Waals surface area contributed by atoms with Crippen LogP contribution in [-0.4, -0.2) is 35.1 Å². The van der Waals surface area contributed by atoms with Crippen molar-refractivity contribution in [1.29, 1.82) is 0 Å². The Balaban J connectivity index is 2.15. The van der Waals surface area contributed by atoms with E-state index in [0.29, 0.717) is 17.9 Å². The molecule has 0 aromatic rings. The second-order valence-corrected chi connectivity index (χ2v) is 6.72. The summed E-state index contributed by atoms with van der Waals surface area (Å²) in [6.45, 7) is 11.0. The molecule has 2 fully saturated rings. The Morgan fingerprint density at radius 2 is 1.44 bits per heavy atom. The Hall–Kier alpha value is -0.120. The zero-order chi connectivity index (χ0) is 12.1. The highest BCUT2D eigenvalue weighted by atomic mass is 15.3. The third-order valence-electron chi connectivity index (χ3n) is 4.89. The molecule has 0 aromatic heterocycles. The van der Waals surface area contributed by atoms with Crippen LogP contribution >= 0.6 is 0 Å². The normalized spacial score (nSPS) is 44.6. The molecule has 1 heterocycles. The summed E-state index contributed by atoms with van der Waals surface area (Å²) < 4.78 is 0. The van der Waals surface area contributed by atoms with Crippen molar-refractivity contribution < 1.29 is 0 Å². The molecule has 3 atom stereocenters. The summed E-state index contributed by atoms with van der Waals surface area (Å²) in [6, 6.07) is 0.559. The number of hydrogen-bond donors (Lipinski definition) is 2. The molecule has 1 unspecified atom stereocenters. The third kappa shape index (κ3) is 1.69. The first kappa shape index (κ1) is 12.3. The fourth-order valence-corrected chi connectivity index (χ4v) is 3.48. The largest absolute Gasteiger partial charge is 0.322 e. The average molecular weight is 225 g/mol. The van der Waals surface area contributed by atoms with Gasteiger partial charge in [0.1, 0.15) is 0 Å². The van der Waals surface area contributed by atoms with E-state index < -0.39 is 0 Å². The SMILES string of the molecule is CC(C)C1C[C@@]2(N)CN(C(C)C)C[C@@]2(N)C1. The maximum absolute atomic E-state index is 6.59. The van der Waals surface area contributed by atoms with E-state index in [1.54, 1.807) is 0 Å². The second-order valence-electron chi connectivity index (χ2n) is 6.72. The third-order valence-corrected chi connectivity index (χ3v) is 4.89. The fourth-order valence-electron chi connectivity index (χ4n) is 3.48. The summed E-state index contributed by atoms with van der Waals surface area (Å²) >= 11 is 0. The molecular formula is C13H27N3. The molecule has 2 rings (SSSR count). The van der Waals surface area contributed by atoms with Gasteiger partial charge in [-0.25, -0.2) is 0 Å². The Kier molecular flexibility index (Phi) is 2.84. The van der Waals surface area contributed by atoms with E-state index in [0.717, 1.165) is 25.9 Å². The summed E-state index contributed by atoms with van der Waals surface area (Å²) in [4.78, 5) is 2.44. The number of fused-ring (bicyclic) bond motifs is 1. The summed E-state index contributed by atoms with van der Waals surface area (Å²) in [6.07, 6.45) is 2.20. The molecule has 1 aliphatic carbocycles. The highest BCUT2D eigenvalue weighted by Gasteiger charge is 2.59. The summed E-state index contributed by atoms with van der Waals surface area (Å²) in [5, 5.41) is 0. The van der Waals surface area contributed by atoms with Gasteiger partial charge < -0.3 is 11.5 Å². The molecule has 4 N–H and O–H groups in total. The highest BCUT2D eigenvalue weighted by molar-refractivity contribution is 5.21. The minimum absolute atomic E-state index is 0.147. The van der Waals surface area contributed by atoms with E-state index in [9.17, 15) is 0 Å². The first-order chi connectivity index (χ1) is 7.27. The molecule has 16 heavy (non-hydrogen) atoms. The lowest BCUT2D eigenvalue weighted by Crippen LogP contribution is -2.61. The van der Waals surface area contributed by atoms with Crippen LogP contribution < -0.4 is 11.5 Å². The molecule has 0 amide bonds. The zero-order valence-electron chi connectivity index (χ0n) is 11.2. The number of likely N-dealkylation sites (tertiary alicyclic amines) is 1. The average Bonchev–Trinajstić information content (AvgIpc) is 2.50. The molecule has 2 aliphatic rings. The lowest BCUT2D eigenvalue weighted by Gasteiger charge is -2.32. The van der Waals surface area contributed by atoms with Crippen molar-refractivity contribution in [2.75, 3.05) is 13.1 Å². The van der Waals surface area contributed by atoms with Gasteiger partial charge in [-0.2, -0.15) is 0 Å². The molecule has 1 saturated heterocycles. The summed E-state index contributed by atoms with van der Waals surface area (Å²) in [5.41, 5.74) is 12.9. The Labute approximate surface area is 99.5 Å². The van der Waals surface area contributed by atoms with E-state index in [2.05, 4.69) is 32.6 Å². The Morgan fingerprint density at radius 3 is 1.75 bits per heavy atom. The van der Waals surface area contributed by atoms with Crippen LogP contribution in [0.2, 0.25) is 0 Å². The van der Waals surface area contributed by atoms with Crippen LogP contribution in [0.3, 0.4) is 0 Å². The van der Waals surface area contributed by atoms with Crippen molar-refractivity contribution >= 4 is 0 Å². The minimum atomic E-state index is -0.147. The van der Waals surface area contributed by atoms with Gasteiger partial charge in [0, 0.05) is 30.2 Å². The second kappa shape index (κ2) is 3.69. The van der Waals surface area contributed by atoms with Crippen LogP contribution in [0, 0.1) is 11.8 Å². The van der Waals surface area contributed by atoms with Crippen molar-refractivity contribution in [3.8, 4) is 0 Å². The lowest BCUT2D eigenvalue weighted by molar-refractivity contribution is 0.227. The van der Waals surface area contributed by atoms with Crippen molar-refractivity contribution in [2.45, 2.75) is 57.7 Å². The molecule has 0 bridgehead atoms. The molecule has 3 heteroatoms. The van der Waals surface area contributed by atoms with E-state index >= 15 is 0 Å². The fraction of sp³-hybridized carbons (Fsp3) is 1.00. The van der Waals surface area contributed by atoms with E-state index in [1.807, 2.05) is 0 Å². The topological polar surface area (TPSA) is 55.3 Å². The van der Waals surface area contributed by atoms with Gasteiger partial charge in [-0.3, -0.25) is 4.90 Å². The number of nitrogens with zero attached hydrogens (tertiary/aromatic N) is 1. The van der Waals surface area contributed by atoms with Gasteiger partial charge >= 0.3 is 0 Å². The molecule has 0 aromatic carbocycles. The van der Waals surface area contributed by atoms with Crippen LogP contribution in [0.5, 0.6) is 0 Å². The van der Waals surface area contributed by atoms with Crippen molar-refractivity contribution in [1.82, 2.24) is 4.90 Å². The molecule has 1 saturated carbocycles. The van der Waals surface area contributed by atoms with Crippen molar-refractivity contribution in [2.24, 2.45) is 23.3 Å². The van der Waals surface area contributed by atoms with E-state index in [1.165, 1.54) is 0 Å². The Morgan fingerprint density at radius 1 is 1.00 bits per heavy atom. The van der Waals surface area contributed by atoms with Gasteiger partial charge in [0.2, 0.25) is 0 Å². The molecule has 1 aliphatic heterocycles. The van der Waals surface area contributed by atoms with Crippen molar-refractivity contribution in [3.05, 3.63) is 0 Å². The molecular weight excluding hydrogens is 198 g/mol. The first-order valence-electron chi connectivity index (χ1n) is 6.59. The smallest absolute Gasteiger partial charge is 0.0481 e. The first-order valence-corrected chi connectivity index (χ1v) is 6.59. The predicted molar refractivity (Wildman–Crippen MR) is 68.1 cm³/mol. The van der Waals surface area contributed by atoms with Gasteiger partial charge in [0.05, 0.1) is 0 Å². The molecule has 0 spiro atoms. The van der Waals surface area contributed by atoms with Crippen LogP contribution in [0.1, 0.15) is 40.5 Å². The van der Waals surface area contributed by atoms with Gasteiger partial charge in [-0.05, 0) is 38.5 Å². The quantitative estimate of drug-likeness (QED) is 0.742. The van der Waals surface area contributed by atoms with Gasteiger partial charge in [0.15, 0.2) is 0 Å². The van der Waals surface area contributed by atoms with Gasteiger partial charge in [-0.1, -0.05) is 13.8 Å². The van der Waals surface area contributed by atoms with Crippen LogP contribution in [0.25, 0.3) is 0 Å². The zero-order valence-corrected chi connectivity index (χ0v) is 11.2. The minimum Gasteiger partial charge on any atom is -0.322 e. The number of hydrogen-bond acceptors (Lipinski definition) is 3. The molecule has 3 nitrogen and oxygen atoms in total. The van der Waals surface area contributed by atoms with Gasteiger partial charge in [-0.15, -0.1) is 0 Å². The highest BCUT2D eigenvalue weighted by Crippen LogP contribution is 2.47. The molecule has 0 radical (unpaired) electrons. The van der Waals surface area contributed by atoms with Crippen molar-refractivity contribution in [3.63, 3.8) is 0 Å². The van der Waals surface area contributed by atoms with Crippen LogP contribution in [-0.2, 0) is 0 Å². The maximum atomic E-state index is 6.59. The lowest BCUT2D eigenvalue weighted by atomic mass is 9.85. The standard InChI is InChI=1S/C13H27N3/c1-9(2)11-5-12(14)7-16(10(3)4)8-13(12,15)6-11/h9-11H,5-8,14-15H2,1-4H3/t11?,12-,13+. The molecule has 94 valence electrons. The summed E-state index contributed by atoms with van der Waals surface area (Å²) in [7, 11) is 0. The monoisotopic (exact) mass is 225 g/mol. The van der Waals surface area contributed by atoms with E-state index in [4.69, 9.17) is 11.5 Å².